The molecule has 1 aliphatic rings. The highest BCUT2D eigenvalue weighted by molar-refractivity contribution is 7.16. The second-order valence-corrected chi connectivity index (χ2v) is 8.74. The number of hydrogen-bond acceptors (Lipinski definition) is 6. The van der Waals surface area contributed by atoms with Crippen LogP contribution in [0.3, 0.4) is 0 Å². The number of thiophene rings is 1. The molecular weight excluding hydrogens is 374 g/mol. The summed E-state index contributed by atoms with van der Waals surface area (Å²) >= 11 is 7.38. The van der Waals surface area contributed by atoms with E-state index in [-0.39, 0.29) is 11.2 Å². The fourth-order valence-electron chi connectivity index (χ4n) is 2.72. The van der Waals surface area contributed by atoms with Crippen LogP contribution < -0.4 is 0 Å². The van der Waals surface area contributed by atoms with Crippen LogP contribution in [0.2, 0.25) is 5.28 Å². The number of aryl methyl sites for hydroxylation is 1. The second kappa shape index (κ2) is 6.63. The van der Waals surface area contributed by atoms with E-state index in [0.717, 1.165) is 21.0 Å². The molecule has 1 amide bonds. The first-order valence-corrected chi connectivity index (χ1v) is 9.42. The molecule has 0 saturated heterocycles. The third-order valence-corrected chi connectivity index (χ3v) is 5.31. The Morgan fingerprint density at radius 3 is 2.73 bits per heavy atom. The first kappa shape index (κ1) is 18.8. The van der Waals surface area contributed by atoms with Crippen LogP contribution >= 0.6 is 22.9 Å². The normalized spacial score (nSPS) is 15.2. The van der Waals surface area contributed by atoms with E-state index in [2.05, 4.69) is 9.97 Å². The Kier molecular flexibility index (Phi) is 4.79. The third kappa shape index (κ3) is 3.59. The molecule has 0 N–H and O–H groups in total. The van der Waals surface area contributed by atoms with Gasteiger partial charge in [0.15, 0.2) is 0 Å². The fourth-order valence-corrected chi connectivity index (χ4v) is 4.06. The summed E-state index contributed by atoms with van der Waals surface area (Å²) in [6.45, 7) is 9.40. The molecule has 3 rings (SSSR count). The highest BCUT2D eigenvalue weighted by Crippen LogP contribution is 2.38. The van der Waals surface area contributed by atoms with E-state index in [1.165, 1.54) is 11.3 Å². The number of rotatable bonds is 3. The van der Waals surface area contributed by atoms with Gasteiger partial charge in [-0.25, -0.2) is 14.8 Å². The van der Waals surface area contributed by atoms with Gasteiger partial charge in [-0.1, -0.05) is 0 Å². The van der Waals surface area contributed by atoms with E-state index in [1.54, 1.807) is 18.0 Å². The summed E-state index contributed by atoms with van der Waals surface area (Å²) in [6.07, 6.45) is 1.66. The Labute approximate surface area is 161 Å². The maximum Gasteiger partial charge on any atom is 0.329 e. The number of halogens is 1. The summed E-state index contributed by atoms with van der Waals surface area (Å²) in [5, 5.41) is 0.172. The van der Waals surface area contributed by atoms with Crippen molar-refractivity contribution in [3.63, 3.8) is 0 Å². The van der Waals surface area contributed by atoms with E-state index >= 15 is 0 Å². The Hall–Kier alpha value is -1.99. The van der Waals surface area contributed by atoms with Gasteiger partial charge in [0.05, 0.1) is 22.7 Å². The van der Waals surface area contributed by atoms with Crippen molar-refractivity contribution >= 4 is 34.8 Å². The van der Waals surface area contributed by atoms with Crippen LogP contribution in [0.1, 0.15) is 48.5 Å². The third-order valence-electron chi connectivity index (χ3n) is 4.01. The quantitative estimate of drug-likeness (QED) is 0.585. The maximum absolute atomic E-state index is 12.8. The van der Waals surface area contributed by atoms with Crippen molar-refractivity contribution < 1.29 is 14.3 Å². The average molecular weight is 394 g/mol. The van der Waals surface area contributed by atoms with Crippen LogP contribution in [0.15, 0.2) is 12.3 Å². The average Bonchev–Trinajstić information content (AvgIpc) is 3.07. The van der Waals surface area contributed by atoms with Crippen LogP contribution in [0.25, 0.3) is 10.6 Å². The number of carbonyl (C=O) groups is 2. The van der Waals surface area contributed by atoms with Gasteiger partial charge in [-0.2, -0.15) is 0 Å². The number of nitrogens with zero attached hydrogens (tertiary/aromatic N) is 3. The maximum atomic E-state index is 12.8. The number of hydrogen-bond donors (Lipinski definition) is 0. The predicted molar refractivity (Wildman–Crippen MR) is 100 cm³/mol. The van der Waals surface area contributed by atoms with Crippen LogP contribution in [-0.4, -0.2) is 38.4 Å². The van der Waals surface area contributed by atoms with Crippen LogP contribution in [-0.2, 0) is 16.1 Å². The summed E-state index contributed by atoms with van der Waals surface area (Å²) in [5.41, 5.74) is 1.63. The standard InChI is InChI=1S/C18H20ClN3O3S/c1-9-7-20-17(19)21-14(9)12-6-11-13(26-12)8-22(15(11)23)10(2)16(24)25-18(3,4)5/h6-7,10H,8H2,1-5H3. The molecule has 0 aromatic carbocycles. The largest absolute Gasteiger partial charge is 0.458 e. The Bertz CT molecular complexity index is 888. The molecule has 2 aromatic heterocycles. The Morgan fingerprint density at radius 2 is 2.12 bits per heavy atom. The highest BCUT2D eigenvalue weighted by atomic mass is 35.5. The predicted octanol–water partition coefficient (Wildman–Crippen LogP) is 3.85. The van der Waals surface area contributed by atoms with Crippen molar-refractivity contribution in [3.8, 4) is 10.6 Å². The van der Waals surface area contributed by atoms with E-state index in [4.69, 9.17) is 16.3 Å². The van der Waals surface area contributed by atoms with Crippen molar-refractivity contribution in [2.24, 2.45) is 0 Å². The molecule has 26 heavy (non-hydrogen) atoms. The molecule has 1 atom stereocenters. The minimum atomic E-state index is -0.639. The van der Waals surface area contributed by atoms with E-state index in [0.29, 0.717) is 12.1 Å². The first-order valence-electron chi connectivity index (χ1n) is 8.23. The van der Waals surface area contributed by atoms with Gasteiger partial charge in [0, 0.05) is 11.1 Å². The zero-order valence-electron chi connectivity index (χ0n) is 15.3. The summed E-state index contributed by atoms with van der Waals surface area (Å²) < 4.78 is 5.40. The van der Waals surface area contributed by atoms with Crippen LogP contribution in [0, 0.1) is 6.92 Å². The summed E-state index contributed by atoms with van der Waals surface area (Å²) in [4.78, 5) is 36.6. The lowest BCUT2D eigenvalue weighted by atomic mass is 10.2. The molecule has 1 unspecified atom stereocenters. The molecule has 0 spiro atoms. The van der Waals surface area contributed by atoms with Crippen molar-refractivity contribution in [1.82, 2.24) is 14.9 Å². The van der Waals surface area contributed by atoms with Gasteiger partial charge in [-0.05, 0) is 57.8 Å². The monoisotopic (exact) mass is 393 g/mol. The lowest BCUT2D eigenvalue weighted by Crippen LogP contribution is -2.42. The molecule has 3 heterocycles. The Morgan fingerprint density at radius 1 is 1.42 bits per heavy atom. The van der Waals surface area contributed by atoms with E-state index in [1.807, 2.05) is 33.8 Å². The van der Waals surface area contributed by atoms with E-state index in [9.17, 15) is 9.59 Å². The summed E-state index contributed by atoms with van der Waals surface area (Å²) in [6, 6.07) is 1.18. The number of ether oxygens (including phenoxy) is 1. The van der Waals surface area contributed by atoms with Crippen molar-refractivity contribution in [1.29, 1.82) is 0 Å². The summed E-state index contributed by atoms with van der Waals surface area (Å²) in [7, 11) is 0. The van der Waals surface area contributed by atoms with Crippen molar-refractivity contribution in [3.05, 3.63) is 33.6 Å². The minimum absolute atomic E-state index is 0.168. The molecule has 0 bridgehead atoms. The fraction of sp³-hybridized carbons (Fsp3) is 0.444. The molecule has 1 aliphatic heterocycles. The number of esters is 1. The lowest BCUT2D eigenvalue weighted by Gasteiger charge is -2.27. The molecule has 138 valence electrons. The molecule has 0 fully saturated rings. The molecule has 0 radical (unpaired) electrons. The topological polar surface area (TPSA) is 72.4 Å². The van der Waals surface area contributed by atoms with Gasteiger partial charge >= 0.3 is 5.97 Å². The van der Waals surface area contributed by atoms with Gasteiger partial charge in [0.25, 0.3) is 5.91 Å². The SMILES string of the molecule is Cc1cnc(Cl)nc1-c1cc2c(s1)CN(C(C)C(=O)OC(C)(C)C)C2=O. The zero-order valence-corrected chi connectivity index (χ0v) is 16.9. The molecule has 0 saturated carbocycles. The number of carbonyl (C=O) groups excluding carboxylic acids is 2. The number of fused-ring (bicyclic) bond motifs is 1. The van der Waals surface area contributed by atoms with Gasteiger partial charge in [0.2, 0.25) is 5.28 Å². The molecule has 8 heteroatoms. The number of amides is 1. The first-order chi connectivity index (χ1) is 12.1. The van der Waals surface area contributed by atoms with Gasteiger partial charge in [-0.15, -0.1) is 11.3 Å². The zero-order chi connectivity index (χ0) is 19.2. The highest BCUT2D eigenvalue weighted by Gasteiger charge is 2.37. The van der Waals surface area contributed by atoms with Gasteiger partial charge in [0.1, 0.15) is 11.6 Å². The molecule has 2 aromatic rings. The van der Waals surface area contributed by atoms with Gasteiger partial charge < -0.3 is 9.64 Å². The minimum Gasteiger partial charge on any atom is -0.458 e. The Balaban J connectivity index is 1.83. The number of aromatic nitrogens is 2. The molecular formula is C18H20ClN3O3S. The summed E-state index contributed by atoms with van der Waals surface area (Å²) in [5.74, 6) is -0.571. The lowest BCUT2D eigenvalue weighted by molar-refractivity contribution is -0.159. The van der Waals surface area contributed by atoms with Crippen molar-refractivity contribution in [2.75, 3.05) is 0 Å². The van der Waals surface area contributed by atoms with Gasteiger partial charge in [-0.3, -0.25) is 4.79 Å². The van der Waals surface area contributed by atoms with Crippen LogP contribution in [0.5, 0.6) is 0 Å². The van der Waals surface area contributed by atoms with Crippen LogP contribution in [0.4, 0.5) is 0 Å². The second-order valence-electron chi connectivity index (χ2n) is 7.26. The van der Waals surface area contributed by atoms with E-state index < -0.39 is 17.6 Å². The van der Waals surface area contributed by atoms with Crippen molar-refractivity contribution in [2.45, 2.75) is 52.8 Å². The molecule has 0 aliphatic carbocycles. The molecule has 6 nitrogen and oxygen atoms in total. The smallest absolute Gasteiger partial charge is 0.329 e.